The van der Waals surface area contributed by atoms with E-state index in [1.54, 1.807) is 20.8 Å². The molecule has 3 rings (SSSR count). The number of esters is 2. The molecule has 2 aromatic rings. The Morgan fingerprint density at radius 1 is 0.971 bits per heavy atom. The number of anilines is 1. The Labute approximate surface area is 196 Å². The molecule has 1 atom stereocenters. The lowest BCUT2D eigenvalue weighted by Gasteiger charge is -2.20. The van der Waals surface area contributed by atoms with Crippen molar-refractivity contribution in [2.75, 3.05) is 18.5 Å². The second-order valence-corrected chi connectivity index (χ2v) is 7.63. The SMILES string of the molecule is CCOC(=O)c1c(C)oc(NC(=O)c2ccc3c(c2)C(=O)N(C(C)CC)C3=O)c1C(=O)OCC. The fourth-order valence-electron chi connectivity index (χ4n) is 3.64. The van der Waals surface area contributed by atoms with Gasteiger partial charge in [-0.1, -0.05) is 6.92 Å². The number of nitrogens with one attached hydrogen (secondary N) is 1. The van der Waals surface area contributed by atoms with Crippen molar-refractivity contribution >= 4 is 35.5 Å². The van der Waals surface area contributed by atoms with Crippen LogP contribution in [0.15, 0.2) is 22.6 Å². The van der Waals surface area contributed by atoms with Crippen LogP contribution >= 0.6 is 0 Å². The summed E-state index contributed by atoms with van der Waals surface area (Å²) in [7, 11) is 0. The summed E-state index contributed by atoms with van der Waals surface area (Å²) in [6.07, 6.45) is 0.593. The van der Waals surface area contributed by atoms with Crippen LogP contribution in [0.3, 0.4) is 0 Å². The molecule has 1 unspecified atom stereocenters. The summed E-state index contributed by atoms with van der Waals surface area (Å²) in [5, 5.41) is 2.46. The van der Waals surface area contributed by atoms with Gasteiger partial charge in [0.2, 0.25) is 5.88 Å². The molecule has 0 saturated carbocycles. The van der Waals surface area contributed by atoms with Crippen LogP contribution in [0.1, 0.15) is 91.7 Å². The molecule has 0 spiro atoms. The number of amides is 3. The average molecular weight is 470 g/mol. The zero-order valence-electron chi connectivity index (χ0n) is 19.6. The highest BCUT2D eigenvalue weighted by Gasteiger charge is 2.38. The Morgan fingerprint density at radius 2 is 1.56 bits per heavy atom. The third-order valence-corrected chi connectivity index (χ3v) is 5.48. The van der Waals surface area contributed by atoms with Crippen molar-refractivity contribution in [2.45, 2.75) is 47.1 Å². The van der Waals surface area contributed by atoms with Gasteiger partial charge in [0.1, 0.15) is 16.9 Å². The summed E-state index contributed by atoms with van der Waals surface area (Å²) in [6.45, 7) is 8.40. The normalized spacial score (nSPS) is 13.5. The summed E-state index contributed by atoms with van der Waals surface area (Å²) >= 11 is 0. The molecule has 180 valence electrons. The molecule has 0 saturated heterocycles. The van der Waals surface area contributed by atoms with Crippen LogP contribution in [0.4, 0.5) is 5.88 Å². The number of imide groups is 1. The fraction of sp³-hybridized carbons (Fsp3) is 0.375. The van der Waals surface area contributed by atoms with E-state index in [1.165, 1.54) is 30.0 Å². The first-order chi connectivity index (χ1) is 16.2. The van der Waals surface area contributed by atoms with Crippen molar-refractivity contribution in [3.63, 3.8) is 0 Å². The number of benzene rings is 1. The molecule has 34 heavy (non-hydrogen) atoms. The van der Waals surface area contributed by atoms with Crippen molar-refractivity contribution in [3.05, 3.63) is 51.8 Å². The molecule has 1 aromatic heterocycles. The number of furan rings is 1. The van der Waals surface area contributed by atoms with Gasteiger partial charge in [-0.15, -0.1) is 0 Å². The second kappa shape index (κ2) is 9.90. The van der Waals surface area contributed by atoms with Gasteiger partial charge in [0, 0.05) is 11.6 Å². The molecule has 0 fully saturated rings. The van der Waals surface area contributed by atoms with Crippen LogP contribution in [-0.2, 0) is 9.47 Å². The van der Waals surface area contributed by atoms with Crippen LogP contribution in [0.2, 0.25) is 0 Å². The maximum absolute atomic E-state index is 13.0. The maximum Gasteiger partial charge on any atom is 0.344 e. The Hall–Kier alpha value is -3.95. The topological polar surface area (TPSA) is 132 Å². The summed E-state index contributed by atoms with van der Waals surface area (Å²) in [5.74, 6) is -3.47. The lowest BCUT2D eigenvalue weighted by molar-refractivity contribution is 0.0480. The number of carbonyl (C=O) groups excluding carboxylic acids is 5. The van der Waals surface area contributed by atoms with E-state index in [2.05, 4.69) is 5.32 Å². The molecule has 0 aliphatic carbocycles. The molecule has 2 heterocycles. The molecule has 10 nitrogen and oxygen atoms in total. The Morgan fingerprint density at radius 3 is 2.15 bits per heavy atom. The number of hydrogen-bond donors (Lipinski definition) is 1. The smallest absolute Gasteiger partial charge is 0.344 e. The lowest BCUT2D eigenvalue weighted by Crippen LogP contribution is -2.37. The van der Waals surface area contributed by atoms with E-state index in [4.69, 9.17) is 13.9 Å². The summed E-state index contributed by atoms with van der Waals surface area (Å²) in [6, 6.07) is 3.84. The number of ether oxygens (including phenoxy) is 2. The summed E-state index contributed by atoms with van der Waals surface area (Å²) < 4.78 is 15.5. The lowest BCUT2D eigenvalue weighted by atomic mass is 10.1. The Kier molecular flexibility index (Phi) is 7.19. The molecular formula is C24H26N2O8. The average Bonchev–Trinajstić information content (AvgIpc) is 3.26. The highest BCUT2D eigenvalue weighted by molar-refractivity contribution is 6.22. The fourth-order valence-corrected chi connectivity index (χ4v) is 3.64. The molecule has 1 N–H and O–H groups in total. The van der Waals surface area contributed by atoms with Gasteiger partial charge < -0.3 is 13.9 Å². The molecule has 1 aromatic carbocycles. The van der Waals surface area contributed by atoms with Crippen LogP contribution < -0.4 is 5.32 Å². The zero-order chi connectivity index (χ0) is 25.2. The van der Waals surface area contributed by atoms with E-state index >= 15 is 0 Å². The molecule has 1 aliphatic heterocycles. The monoisotopic (exact) mass is 470 g/mol. The first-order valence-electron chi connectivity index (χ1n) is 11.0. The van der Waals surface area contributed by atoms with Gasteiger partial charge in [-0.2, -0.15) is 0 Å². The quantitative estimate of drug-likeness (QED) is 0.457. The van der Waals surface area contributed by atoms with Crippen LogP contribution in [0.25, 0.3) is 0 Å². The molecule has 3 amide bonds. The predicted octanol–water partition coefficient (Wildman–Crippen LogP) is 3.59. The van der Waals surface area contributed by atoms with Gasteiger partial charge in [0.15, 0.2) is 0 Å². The second-order valence-electron chi connectivity index (χ2n) is 7.63. The number of fused-ring (bicyclic) bond motifs is 1. The third kappa shape index (κ3) is 4.30. The molecule has 1 aliphatic rings. The Bertz CT molecular complexity index is 1180. The molecular weight excluding hydrogens is 444 g/mol. The number of aryl methyl sites for hydroxylation is 1. The third-order valence-electron chi connectivity index (χ3n) is 5.48. The minimum absolute atomic E-state index is 0.0341. The first kappa shape index (κ1) is 24.7. The van der Waals surface area contributed by atoms with Crippen LogP contribution in [0.5, 0.6) is 0 Å². The van der Waals surface area contributed by atoms with Crippen molar-refractivity contribution in [3.8, 4) is 0 Å². The number of hydrogen-bond acceptors (Lipinski definition) is 8. The van der Waals surface area contributed by atoms with Crippen molar-refractivity contribution in [1.29, 1.82) is 0 Å². The molecule has 0 bridgehead atoms. The minimum atomic E-state index is -0.864. The van der Waals surface area contributed by atoms with Crippen molar-refractivity contribution < 1.29 is 37.9 Å². The molecule has 10 heteroatoms. The zero-order valence-corrected chi connectivity index (χ0v) is 19.6. The predicted molar refractivity (Wildman–Crippen MR) is 120 cm³/mol. The van der Waals surface area contributed by atoms with Gasteiger partial charge >= 0.3 is 11.9 Å². The maximum atomic E-state index is 13.0. The summed E-state index contributed by atoms with van der Waals surface area (Å²) in [4.78, 5) is 64.5. The van der Waals surface area contributed by atoms with E-state index in [-0.39, 0.29) is 58.7 Å². The van der Waals surface area contributed by atoms with Gasteiger partial charge in [-0.25, -0.2) is 9.59 Å². The highest BCUT2D eigenvalue weighted by atomic mass is 16.5. The van der Waals surface area contributed by atoms with Gasteiger partial charge in [0.05, 0.1) is 24.3 Å². The number of rotatable bonds is 8. The van der Waals surface area contributed by atoms with Crippen molar-refractivity contribution in [1.82, 2.24) is 4.90 Å². The summed E-state index contributed by atoms with van der Waals surface area (Å²) in [5.41, 5.74) is -0.0117. The number of nitrogens with zero attached hydrogens (tertiary/aromatic N) is 1. The van der Waals surface area contributed by atoms with Crippen LogP contribution in [-0.4, -0.2) is 53.8 Å². The van der Waals surface area contributed by atoms with E-state index in [1.807, 2.05) is 6.92 Å². The first-order valence-corrected chi connectivity index (χ1v) is 11.0. The largest absolute Gasteiger partial charge is 0.462 e. The Balaban J connectivity index is 1.96. The van der Waals surface area contributed by atoms with Crippen LogP contribution in [0, 0.1) is 6.92 Å². The number of carbonyl (C=O) groups is 5. The van der Waals surface area contributed by atoms with E-state index in [0.29, 0.717) is 6.42 Å². The van der Waals surface area contributed by atoms with E-state index in [9.17, 15) is 24.0 Å². The minimum Gasteiger partial charge on any atom is -0.462 e. The van der Waals surface area contributed by atoms with Gasteiger partial charge in [0.25, 0.3) is 17.7 Å². The van der Waals surface area contributed by atoms with E-state index in [0.717, 1.165) is 0 Å². The van der Waals surface area contributed by atoms with Crippen molar-refractivity contribution in [2.24, 2.45) is 0 Å². The molecule has 0 radical (unpaired) electrons. The van der Waals surface area contributed by atoms with E-state index < -0.39 is 29.7 Å². The van der Waals surface area contributed by atoms with Gasteiger partial charge in [-0.3, -0.25) is 24.6 Å². The van der Waals surface area contributed by atoms with Gasteiger partial charge in [-0.05, 0) is 52.3 Å². The standard InChI is InChI=1S/C24H26N2O8/c1-6-12(4)26-21(28)15-10-9-14(11-16(15)22(26)29)19(27)25-20-18(24(31)33-8-3)17(13(5)34-20)23(30)32-7-2/h9-12H,6-8H2,1-5H3,(H,25,27). The highest BCUT2D eigenvalue weighted by Crippen LogP contribution is 2.30.